The van der Waals surface area contributed by atoms with Crippen molar-refractivity contribution in [1.29, 1.82) is 0 Å². The smallest absolute Gasteiger partial charge is 0.324 e. The third-order valence-electron chi connectivity index (χ3n) is 17.5. The lowest BCUT2D eigenvalue weighted by Gasteiger charge is -2.37. The lowest BCUT2D eigenvalue weighted by molar-refractivity contribution is -0.155. The average Bonchev–Trinajstić information content (AvgIpc) is 2.69. The van der Waals surface area contributed by atoms with Gasteiger partial charge in [-0.2, -0.15) is 0 Å². The fourth-order valence-corrected chi connectivity index (χ4v) is 14.3. The lowest BCUT2D eigenvalue weighted by atomic mass is 9.83. The number of likely N-dealkylation sites (N-methyl/N-ethyl adjacent to an activating group) is 2. The summed E-state index contributed by atoms with van der Waals surface area (Å²) in [5.74, 6) is -2.32. The zero-order valence-corrected chi connectivity index (χ0v) is 51.6. The number of nitrogens with zero attached hydrogens (tertiary/aromatic N) is 6. The van der Waals surface area contributed by atoms with Gasteiger partial charge in [-0.25, -0.2) is 13.9 Å². The normalized spacial score (nSPS) is 22.7. The maximum Gasteiger partial charge on any atom is 0.324 e. The Morgan fingerprint density at radius 3 is 2.33 bits per heavy atom. The number of nitrogens with one attached hydrogen (secondary N) is 2. The number of aromatic nitrogens is 2. The summed E-state index contributed by atoms with van der Waals surface area (Å²) in [5, 5.41) is 5.54. The number of benzene rings is 3. The second-order valence-corrected chi connectivity index (χ2v) is 27.7. The Kier molecular flexibility index (Phi) is 17.5. The van der Waals surface area contributed by atoms with Crippen molar-refractivity contribution in [2.24, 2.45) is 22.7 Å². The van der Waals surface area contributed by atoms with E-state index in [4.69, 9.17) is 14.5 Å². The minimum Gasteiger partial charge on any atom is -0.464 e. The highest BCUT2D eigenvalue weighted by molar-refractivity contribution is 7.83. The Morgan fingerprint density at radius 1 is 0.929 bits per heavy atom. The van der Waals surface area contributed by atoms with E-state index in [1.165, 1.54) is 14.8 Å². The van der Waals surface area contributed by atoms with Crippen molar-refractivity contribution >= 4 is 57.5 Å². The van der Waals surface area contributed by atoms with E-state index in [9.17, 15) is 23.4 Å². The topological polar surface area (TPSA) is 193 Å². The van der Waals surface area contributed by atoms with E-state index in [1.54, 1.807) is 45.2 Å². The maximum absolute atomic E-state index is 15.3. The molecule has 84 heavy (non-hydrogen) atoms. The summed E-state index contributed by atoms with van der Waals surface area (Å²) < 4.78 is 30.4. The molecule has 2 saturated carbocycles. The molecule has 7 atom stereocenters. The van der Waals surface area contributed by atoms with Crippen molar-refractivity contribution in [2.75, 3.05) is 33.8 Å². The number of hydrogen-bond acceptors (Lipinski definition) is 11. The fraction of sp³-hybridized carbons (Fsp3) is 0.530. The average molecular weight is 1170 g/mol. The number of hydrogen-bond donors (Lipinski definition) is 2. The number of pyridine rings is 1. The van der Waals surface area contributed by atoms with Crippen LogP contribution in [0.1, 0.15) is 135 Å². The maximum atomic E-state index is 15.3. The second kappa shape index (κ2) is 24.3. The Hall–Kier alpha value is -6.76. The molecule has 3 aliphatic heterocycles. The Labute approximate surface area is 497 Å². The molecule has 4 fully saturated rings. The van der Waals surface area contributed by atoms with Crippen LogP contribution in [-0.2, 0) is 63.9 Å². The molecule has 0 radical (unpaired) electrons. The molecule has 17 nitrogen and oxygen atoms in total. The van der Waals surface area contributed by atoms with Crippen LogP contribution in [0.25, 0.3) is 33.3 Å². The summed E-state index contributed by atoms with van der Waals surface area (Å²) in [4.78, 5) is 95.8. The number of carbonyl (C=O) groups is 6. The number of esters is 2. The van der Waals surface area contributed by atoms with Crippen molar-refractivity contribution in [3.63, 3.8) is 0 Å². The summed E-state index contributed by atoms with van der Waals surface area (Å²) in [6.07, 6.45) is 8.14. The van der Waals surface area contributed by atoms with Crippen molar-refractivity contribution < 1.29 is 42.4 Å². The van der Waals surface area contributed by atoms with Gasteiger partial charge in [-0.3, -0.25) is 38.8 Å². The number of cyclic esters (lactones) is 1. The van der Waals surface area contributed by atoms with Gasteiger partial charge in [0.05, 0.1) is 40.9 Å². The van der Waals surface area contributed by atoms with Gasteiger partial charge in [0, 0.05) is 61.7 Å². The van der Waals surface area contributed by atoms with Crippen LogP contribution < -0.4 is 15.5 Å². The molecular weight excluding hydrogens is 1080 g/mol. The molecule has 18 heteroatoms. The van der Waals surface area contributed by atoms with Gasteiger partial charge < -0.3 is 29.2 Å². The molecule has 2 N–H and O–H groups in total. The van der Waals surface area contributed by atoms with E-state index in [-0.39, 0.29) is 61.6 Å². The molecule has 2 aromatic heterocycles. The standard InChI is InChI=1S/C66H84N8O9S/c1-12-72-53-28-25-44-35-49(53)50(58(72)48-19-15-29-67-55(48)39(2)3)36-66(8,9)38-82-63(79)51-20-16-30-73(69-51)61(77)52(33-41-31-45(44)34-46(32-41)83-64(80)65(5,6)7)68-60(76)57(42-17-13-14-18-42)71(11)54(75)37-70(10)62(78)59-56(43-23-24-43)74(59)84(81)47-26-21-40(4)22-27-47/h15,19,21-22,25-29,31-32,34-35,39,42-43,51-52,56-57,59,69H,12-14,16-18,20,23-24,30,33,36-38H2,1-11H3,(H,68,76)/t51-,52-,56+,57-,59+,74?,84+/m0/s1. The van der Waals surface area contributed by atoms with E-state index < -0.39 is 75.6 Å². The van der Waals surface area contributed by atoms with Crippen LogP contribution >= 0.6 is 0 Å². The molecule has 5 heterocycles. The molecule has 1 unspecified atom stereocenters. The van der Waals surface area contributed by atoms with Crippen molar-refractivity contribution in [1.82, 2.24) is 39.4 Å². The number of hydrazine groups is 1. The lowest BCUT2D eigenvalue weighted by Crippen LogP contribution is -2.62. The largest absolute Gasteiger partial charge is 0.464 e. The van der Waals surface area contributed by atoms with E-state index in [0.29, 0.717) is 49.1 Å². The number of aryl methyl sites for hydroxylation is 2. The molecule has 2 saturated heterocycles. The molecule has 448 valence electrons. The molecule has 2 aliphatic carbocycles. The first-order valence-corrected chi connectivity index (χ1v) is 31.3. The third kappa shape index (κ3) is 12.8. The van der Waals surface area contributed by atoms with E-state index >= 15 is 9.59 Å². The summed E-state index contributed by atoms with van der Waals surface area (Å²) in [6.45, 7) is 18.6. The summed E-state index contributed by atoms with van der Waals surface area (Å²) in [5.41, 5.74) is 10.1. The fourth-order valence-electron chi connectivity index (χ4n) is 12.8. The highest BCUT2D eigenvalue weighted by atomic mass is 32.2. The van der Waals surface area contributed by atoms with Gasteiger partial charge in [-0.05, 0) is 168 Å². The van der Waals surface area contributed by atoms with Crippen LogP contribution in [0.4, 0.5) is 0 Å². The molecule has 6 bridgehead atoms. The Morgan fingerprint density at radius 2 is 1.65 bits per heavy atom. The van der Waals surface area contributed by atoms with Gasteiger partial charge in [-0.15, -0.1) is 0 Å². The molecule has 5 aliphatic rings. The predicted octanol–water partition coefficient (Wildman–Crippen LogP) is 9.08. The van der Waals surface area contributed by atoms with Gasteiger partial charge in [0.2, 0.25) is 17.7 Å². The molecule has 5 aromatic rings. The summed E-state index contributed by atoms with van der Waals surface area (Å²) >= 11 is 0. The first kappa shape index (κ1) is 60.4. The third-order valence-corrected chi connectivity index (χ3v) is 19.1. The minimum absolute atomic E-state index is 0.0564. The first-order chi connectivity index (χ1) is 39.9. The van der Waals surface area contributed by atoms with Crippen LogP contribution in [0.2, 0.25) is 0 Å². The summed E-state index contributed by atoms with van der Waals surface area (Å²) in [7, 11) is 1.60. The van der Waals surface area contributed by atoms with Crippen LogP contribution in [0.15, 0.2) is 83.9 Å². The molecule has 0 spiro atoms. The minimum atomic E-state index is -1.56. The Balaban J connectivity index is 1.01. The summed E-state index contributed by atoms with van der Waals surface area (Å²) in [6, 6.07) is 19.5. The molecular formula is C66H84N8O9S. The van der Waals surface area contributed by atoms with Crippen molar-refractivity contribution in [3.05, 3.63) is 101 Å². The van der Waals surface area contributed by atoms with Crippen LogP contribution in [-0.4, -0.2) is 132 Å². The van der Waals surface area contributed by atoms with Crippen LogP contribution in [0, 0.1) is 29.6 Å². The highest BCUT2D eigenvalue weighted by Crippen LogP contribution is 2.49. The number of amides is 4. The van der Waals surface area contributed by atoms with Gasteiger partial charge in [-0.1, -0.05) is 70.4 Å². The quantitative estimate of drug-likeness (QED) is 0.0612. The van der Waals surface area contributed by atoms with Gasteiger partial charge in [0.1, 0.15) is 40.9 Å². The predicted molar refractivity (Wildman–Crippen MR) is 323 cm³/mol. The van der Waals surface area contributed by atoms with Crippen LogP contribution in [0.5, 0.6) is 5.75 Å². The number of carbonyl (C=O) groups excluding carboxylic acids is 6. The van der Waals surface area contributed by atoms with E-state index in [1.807, 2.05) is 55.6 Å². The second-order valence-electron chi connectivity index (χ2n) is 26.3. The molecule has 3 aromatic carbocycles. The van der Waals surface area contributed by atoms with E-state index in [0.717, 1.165) is 75.8 Å². The molecule has 4 amide bonds. The molecule has 10 rings (SSSR count). The monoisotopic (exact) mass is 1160 g/mol. The number of rotatable bonds is 14. The van der Waals surface area contributed by atoms with Gasteiger partial charge in [0.15, 0.2) is 0 Å². The first-order valence-electron chi connectivity index (χ1n) is 30.2. The van der Waals surface area contributed by atoms with Gasteiger partial charge in [0.25, 0.3) is 5.91 Å². The SMILES string of the molecule is CCn1c(-c2cccnc2C(C)C)c2c3cc(ccc31)-c1cc(cc(OC(=O)C(C)(C)C)c1)C[C@H](NC(=O)[C@H](C1CCCC1)N(C)C(=O)CN(C)C(=O)[C@H]1[C@@H](C3CC3)N1[S@](=O)c1ccc(C)cc1)C(=O)N1CCC[C@H](N1)C(=O)OCC(C)(C)C2. The van der Waals surface area contributed by atoms with E-state index in [2.05, 4.69) is 74.2 Å². The van der Waals surface area contributed by atoms with Crippen molar-refractivity contribution in [2.45, 2.75) is 174 Å². The highest BCUT2D eigenvalue weighted by Gasteiger charge is 2.62. The zero-order chi connectivity index (χ0) is 60.1. The van der Waals surface area contributed by atoms with Crippen molar-refractivity contribution in [3.8, 4) is 28.1 Å². The van der Waals surface area contributed by atoms with Crippen LogP contribution in [0.3, 0.4) is 0 Å². The zero-order valence-electron chi connectivity index (χ0n) is 50.8. The Bertz CT molecular complexity index is 3380. The number of fused-ring (bicyclic) bond motifs is 6. The number of ether oxygens (including phenoxy) is 2. The van der Waals surface area contributed by atoms with Gasteiger partial charge >= 0.3 is 11.9 Å².